The number of aromatic nitrogens is 1. The van der Waals surface area contributed by atoms with Crippen LogP contribution >= 0.6 is 0 Å². The zero-order valence-electron chi connectivity index (χ0n) is 8.96. The highest BCUT2D eigenvalue weighted by Crippen LogP contribution is 2.27. The van der Waals surface area contributed by atoms with Crippen LogP contribution in [0, 0.1) is 6.92 Å². The minimum absolute atomic E-state index is 0.114. The van der Waals surface area contributed by atoms with Crippen LogP contribution in [0.25, 0.3) is 0 Å². The van der Waals surface area contributed by atoms with E-state index < -0.39 is 12.4 Å². The number of halogens is 2. The minimum atomic E-state index is -2.62. The highest BCUT2D eigenvalue weighted by molar-refractivity contribution is 5.74. The van der Waals surface area contributed by atoms with Crippen LogP contribution < -0.4 is 5.73 Å². The largest absolute Gasteiger partial charge is 0.469 e. The lowest BCUT2D eigenvalue weighted by atomic mass is 10.1. The molecule has 0 fully saturated rings. The Labute approximate surface area is 91.4 Å². The van der Waals surface area contributed by atoms with E-state index in [1.807, 2.05) is 0 Å². The van der Waals surface area contributed by atoms with Crippen LogP contribution in [0.15, 0.2) is 6.20 Å². The molecule has 2 N–H and O–H groups in total. The fourth-order valence-corrected chi connectivity index (χ4v) is 1.26. The summed E-state index contributed by atoms with van der Waals surface area (Å²) in [6, 6.07) is 0. The molecule has 16 heavy (non-hydrogen) atoms. The minimum Gasteiger partial charge on any atom is -0.469 e. The molecular formula is C10H12F2N2O2. The number of methoxy groups -OCH3 is 1. The molecule has 0 aromatic carbocycles. The molecule has 0 saturated carbocycles. The molecule has 0 spiro atoms. The van der Waals surface area contributed by atoms with Crippen molar-refractivity contribution < 1.29 is 18.3 Å². The molecule has 6 heteroatoms. The predicted octanol–water partition coefficient (Wildman–Crippen LogP) is 1.63. The number of ether oxygens (including phenoxy) is 1. The van der Waals surface area contributed by atoms with Gasteiger partial charge in [0.05, 0.1) is 24.9 Å². The van der Waals surface area contributed by atoms with Crippen LogP contribution in [0.5, 0.6) is 0 Å². The van der Waals surface area contributed by atoms with Crippen LogP contribution in [0.3, 0.4) is 0 Å². The summed E-state index contributed by atoms with van der Waals surface area (Å²) in [6.07, 6.45) is -1.71. The molecule has 0 bridgehead atoms. The van der Waals surface area contributed by atoms with Gasteiger partial charge >= 0.3 is 5.97 Å². The molecule has 4 nitrogen and oxygen atoms in total. The summed E-state index contributed by atoms with van der Waals surface area (Å²) in [5.41, 5.74) is 6.03. The smallest absolute Gasteiger partial charge is 0.311 e. The fourth-order valence-electron chi connectivity index (χ4n) is 1.26. The Morgan fingerprint density at radius 3 is 2.75 bits per heavy atom. The Morgan fingerprint density at radius 1 is 1.62 bits per heavy atom. The molecule has 0 aliphatic carbocycles. The third-order valence-electron chi connectivity index (χ3n) is 2.28. The number of nitrogen functional groups attached to an aromatic ring is 1. The Kier molecular flexibility index (Phi) is 3.76. The van der Waals surface area contributed by atoms with E-state index >= 15 is 0 Å². The fraction of sp³-hybridized carbons (Fsp3) is 0.400. The van der Waals surface area contributed by atoms with Gasteiger partial charge in [-0.2, -0.15) is 0 Å². The van der Waals surface area contributed by atoms with Gasteiger partial charge in [-0.3, -0.25) is 9.78 Å². The first-order valence-corrected chi connectivity index (χ1v) is 4.56. The Balaban J connectivity index is 3.07. The van der Waals surface area contributed by atoms with Gasteiger partial charge in [0.1, 0.15) is 0 Å². The van der Waals surface area contributed by atoms with Crippen molar-refractivity contribution in [3.05, 3.63) is 23.0 Å². The van der Waals surface area contributed by atoms with E-state index in [9.17, 15) is 13.6 Å². The van der Waals surface area contributed by atoms with E-state index in [4.69, 9.17) is 5.73 Å². The number of hydrogen-bond acceptors (Lipinski definition) is 4. The molecule has 0 aliphatic rings. The summed E-state index contributed by atoms with van der Waals surface area (Å²) in [7, 11) is 1.24. The molecule has 0 amide bonds. The first-order valence-electron chi connectivity index (χ1n) is 4.56. The molecule has 0 radical (unpaired) electrons. The normalized spacial score (nSPS) is 10.6. The summed E-state index contributed by atoms with van der Waals surface area (Å²) in [4.78, 5) is 14.7. The second kappa shape index (κ2) is 4.87. The van der Waals surface area contributed by atoms with E-state index in [1.54, 1.807) is 0 Å². The molecule has 0 saturated heterocycles. The molecule has 88 valence electrons. The number of anilines is 1. The van der Waals surface area contributed by atoms with Crippen LogP contribution in [0.4, 0.5) is 14.5 Å². The van der Waals surface area contributed by atoms with Crippen molar-refractivity contribution >= 4 is 11.7 Å². The van der Waals surface area contributed by atoms with Gasteiger partial charge in [0.15, 0.2) is 0 Å². The van der Waals surface area contributed by atoms with Gasteiger partial charge < -0.3 is 10.5 Å². The first kappa shape index (κ1) is 12.4. The maximum absolute atomic E-state index is 12.5. The van der Waals surface area contributed by atoms with Crippen LogP contribution in [-0.4, -0.2) is 18.1 Å². The summed E-state index contributed by atoms with van der Waals surface area (Å²) >= 11 is 0. The zero-order chi connectivity index (χ0) is 12.3. The SMILES string of the molecule is COC(=O)Cc1ncc(C(F)F)c(C)c1N. The standard InChI is InChI=1S/C10H12F2N2O2/c1-5-6(10(11)12)4-14-7(9(5)13)3-8(15)16-2/h4,10H,3,13H2,1-2H3. The first-order chi connectivity index (χ1) is 7.47. The van der Waals surface area contributed by atoms with Crippen molar-refractivity contribution in [2.45, 2.75) is 19.8 Å². The number of pyridine rings is 1. The maximum Gasteiger partial charge on any atom is 0.311 e. The number of nitrogens with zero attached hydrogens (tertiary/aromatic N) is 1. The lowest BCUT2D eigenvalue weighted by Crippen LogP contribution is -2.11. The lowest BCUT2D eigenvalue weighted by Gasteiger charge is -2.10. The second-order valence-corrected chi connectivity index (χ2v) is 3.25. The van der Waals surface area contributed by atoms with Gasteiger partial charge in [0, 0.05) is 11.8 Å². The van der Waals surface area contributed by atoms with Crippen molar-refractivity contribution in [2.75, 3.05) is 12.8 Å². The van der Waals surface area contributed by atoms with E-state index in [2.05, 4.69) is 9.72 Å². The van der Waals surface area contributed by atoms with E-state index in [0.29, 0.717) is 0 Å². The van der Waals surface area contributed by atoms with Gasteiger partial charge in [-0.25, -0.2) is 8.78 Å². The molecule has 1 aromatic heterocycles. The van der Waals surface area contributed by atoms with Gasteiger partial charge in [-0.15, -0.1) is 0 Å². The van der Waals surface area contributed by atoms with Crippen molar-refractivity contribution in [2.24, 2.45) is 0 Å². The second-order valence-electron chi connectivity index (χ2n) is 3.25. The van der Waals surface area contributed by atoms with Crippen molar-refractivity contribution in [1.29, 1.82) is 0 Å². The summed E-state index contributed by atoms with van der Waals surface area (Å²) in [6.45, 7) is 1.47. The summed E-state index contributed by atoms with van der Waals surface area (Å²) in [5, 5.41) is 0. The number of hydrogen-bond donors (Lipinski definition) is 1. The van der Waals surface area contributed by atoms with Crippen LogP contribution in [0.2, 0.25) is 0 Å². The molecule has 1 aromatic rings. The van der Waals surface area contributed by atoms with E-state index in [-0.39, 0.29) is 28.9 Å². The molecule has 0 unspecified atom stereocenters. The number of alkyl halides is 2. The average Bonchev–Trinajstić information content (AvgIpc) is 2.24. The summed E-state index contributed by atoms with van der Waals surface area (Å²) < 4.78 is 29.4. The molecule has 0 atom stereocenters. The number of carbonyl (C=O) groups is 1. The lowest BCUT2D eigenvalue weighted by molar-refractivity contribution is -0.139. The molecule has 1 rings (SSSR count). The third kappa shape index (κ3) is 2.44. The van der Waals surface area contributed by atoms with Crippen LogP contribution in [0.1, 0.15) is 23.2 Å². The van der Waals surface area contributed by atoms with Crippen molar-refractivity contribution in [3.8, 4) is 0 Å². The van der Waals surface area contributed by atoms with Gasteiger partial charge in [-0.1, -0.05) is 0 Å². The maximum atomic E-state index is 12.5. The third-order valence-corrected chi connectivity index (χ3v) is 2.28. The van der Waals surface area contributed by atoms with E-state index in [1.165, 1.54) is 14.0 Å². The Bertz CT molecular complexity index is 408. The predicted molar refractivity (Wildman–Crippen MR) is 54.1 cm³/mol. The molecule has 0 aliphatic heterocycles. The van der Waals surface area contributed by atoms with Gasteiger partial charge in [-0.05, 0) is 12.5 Å². The molecule has 1 heterocycles. The number of rotatable bonds is 3. The van der Waals surface area contributed by atoms with Gasteiger partial charge in [0.2, 0.25) is 0 Å². The highest BCUT2D eigenvalue weighted by atomic mass is 19.3. The number of carbonyl (C=O) groups excluding carboxylic acids is 1. The van der Waals surface area contributed by atoms with Crippen molar-refractivity contribution in [3.63, 3.8) is 0 Å². The quantitative estimate of drug-likeness (QED) is 0.801. The van der Waals surface area contributed by atoms with Crippen molar-refractivity contribution in [1.82, 2.24) is 4.98 Å². The average molecular weight is 230 g/mol. The monoisotopic (exact) mass is 230 g/mol. The zero-order valence-corrected chi connectivity index (χ0v) is 8.96. The Hall–Kier alpha value is -1.72. The topological polar surface area (TPSA) is 65.2 Å². The Morgan fingerprint density at radius 2 is 2.25 bits per heavy atom. The van der Waals surface area contributed by atoms with E-state index in [0.717, 1.165) is 6.20 Å². The van der Waals surface area contributed by atoms with Gasteiger partial charge in [0.25, 0.3) is 6.43 Å². The molecular weight excluding hydrogens is 218 g/mol. The number of nitrogens with two attached hydrogens (primary N) is 1. The number of esters is 1. The highest BCUT2D eigenvalue weighted by Gasteiger charge is 2.17. The van der Waals surface area contributed by atoms with Crippen LogP contribution in [-0.2, 0) is 16.0 Å². The summed E-state index contributed by atoms with van der Waals surface area (Å²) in [5.74, 6) is -0.511.